The molecule has 0 unspecified atom stereocenters. The summed E-state index contributed by atoms with van der Waals surface area (Å²) in [6.45, 7) is 1.53. The number of benzene rings is 2. The maximum absolute atomic E-state index is 12.5. The number of hydrogen-bond acceptors (Lipinski definition) is 5. The van der Waals surface area contributed by atoms with Crippen molar-refractivity contribution in [1.82, 2.24) is 16.0 Å². The molecule has 2 rings (SSSR count). The Balaban J connectivity index is 1.92. The van der Waals surface area contributed by atoms with Gasteiger partial charge in [-0.25, -0.2) is 0 Å². The van der Waals surface area contributed by atoms with Gasteiger partial charge in [-0.3, -0.25) is 14.4 Å². The molecule has 0 bridgehead atoms. The molecule has 2 aromatic carbocycles. The summed E-state index contributed by atoms with van der Waals surface area (Å²) in [6, 6.07) is 13.2. The summed E-state index contributed by atoms with van der Waals surface area (Å²) in [5, 5.41) is 17.1. The summed E-state index contributed by atoms with van der Waals surface area (Å²) in [6.07, 6.45) is 0.586. The molecule has 0 aromatic heterocycles. The van der Waals surface area contributed by atoms with E-state index in [2.05, 4.69) is 16.0 Å². The standard InChI is InChI=1S/C22H28N4O4/c1-14(25-21(29)18(23)12-16-8-10-17(27)11-9-16)20(28)26-19(22(30)24-2)13-15-6-4-3-5-7-15/h3-11,14,18-19,27H,12-13,23H2,1-2H3,(H,24,30)(H,25,29)(H,26,28)/t14-,18-,19-/m0/s1. The lowest BCUT2D eigenvalue weighted by Gasteiger charge is -2.22. The quantitative estimate of drug-likeness (QED) is 0.402. The minimum atomic E-state index is -0.869. The first kappa shape index (κ1) is 22.9. The van der Waals surface area contributed by atoms with Gasteiger partial charge >= 0.3 is 0 Å². The molecule has 0 heterocycles. The maximum atomic E-state index is 12.5. The predicted octanol–water partition coefficient (Wildman–Crippen LogP) is 0.240. The normalized spacial score (nSPS) is 13.6. The number of carbonyl (C=O) groups is 3. The number of nitrogens with two attached hydrogens (primary N) is 1. The fourth-order valence-corrected chi connectivity index (χ4v) is 2.89. The number of aromatic hydroxyl groups is 1. The van der Waals surface area contributed by atoms with Crippen LogP contribution in [0.4, 0.5) is 0 Å². The van der Waals surface area contributed by atoms with Crippen molar-refractivity contribution in [2.75, 3.05) is 7.05 Å². The van der Waals surface area contributed by atoms with E-state index in [0.717, 1.165) is 11.1 Å². The highest BCUT2D eigenvalue weighted by Gasteiger charge is 2.25. The van der Waals surface area contributed by atoms with E-state index >= 15 is 0 Å². The average Bonchev–Trinajstić information content (AvgIpc) is 2.74. The Morgan fingerprint density at radius 1 is 0.867 bits per heavy atom. The van der Waals surface area contributed by atoms with E-state index < -0.39 is 29.9 Å². The molecule has 0 spiro atoms. The van der Waals surface area contributed by atoms with Gasteiger partial charge in [0.15, 0.2) is 0 Å². The van der Waals surface area contributed by atoms with Crippen LogP contribution in [0, 0.1) is 0 Å². The van der Waals surface area contributed by atoms with Gasteiger partial charge in [0.25, 0.3) is 0 Å². The Labute approximate surface area is 175 Å². The van der Waals surface area contributed by atoms with Gasteiger partial charge in [0.1, 0.15) is 17.8 Å². The summed E-state index contributed by atoms with van der Waals surface area (Å²) in [7, 11) is 1.50. The average molecular weight is 412 g/mol. The smallest absolute Gasteiger partial charge is 0.242 e. The predicted molar refractivity (Wildman–Crippen MR) is 114 cm³/mol. The van der Waals surface area contributed by atoms with Crippen LogP contribution < -0.4 is 21.7 Å². The number of likely N-dealkylation sites (N-methyl/N-ethyl adjacent to an activating group) is 1. The molecule has 0 saturated heterocycles. The molecule has 3 atom stereocenters. The third-order valence-electron chi connectivity index (χ3n) is 4.64. The third-order valence-corrected chi connectivity index (χ3v) is 4.64. The van der Waals surface area contributed by atoms with Crippen LogP contribution in [0.2, 0.25) is 0 Å². The Morgan fingerprint density at radius 2 is 1.47 bits per heavy atom. The van der Waals surface area contributed by atoms with Crippen LogP contribution >= 0.6 is 0 Å². The Morgan fingerprint density at radius 3 is 2.07 bits per heavy atom. The van der Waals surface area contributed by atoms with E-state index in [4.69, 9.17) is 5.73 Å². The second-order valence-electron chi connectivity index (χ2n) is 7.07. The van der Waals surface area contributed by atoms with Gasteiger partial charge in [-0.15, -0.1) is 0 Å². The highest BCUT2D eigenvalue weighted by atomic mass is 16.3. The number of carbonyl (C=O) groups excluding carboxylic acids is 3. The first-order chi connectivity index (χ1) is 14.3. The SMILES string of the molecule is CNC(=O)[C@H](Cc1ccccc1)NC(=O)[C@H](C)NC(=O)[C@@H](N)Cc1ccc(O)cc1. The second kappa shape index (κ2) is 11.0. The molecule has 6 N–H and O–H groups in total. The zero-order valence-electron chi connectivity index (χ0n) is 17.1. The molecule has 0 fully saturated rings. The van der Waals surface area contributed by atoms with Crippen molar-refractivity contribution < 1.29 is 19.5 Å². The van der Waals surface area contributed by atoms with E-state index in [1.54, 1.807) is 12.1 Å². The molecule has 30 heavy (non-hydrogen) atoms. The maximum Gasteiger partial charge on any atom is 0.242 e. The molecule has 0 saturated carbocycles. The first-order valence-corrected chi connectivity index (χ1v) is 9.70. The molecule has 2 aromatic rings. The van der Waals surface area contributed by atoms with Gasteiger partial charge in [0.2, 0.25) is 17.7 Å². The van der Waals surface area contributed by atoms with Crippen molar-refractivity contribution in [1.29, 1.82) is 0 Å². The Kier molecular flexibility index (Phi) is 8.37. The summed E-state index contributed by atoms with van der Waals surface area (Å²) in [5.74, 6) is -1.16. The molecule has 8 heteroatoms. The van der Waals surface area contributed by atoms with Gasteiger partial charge < -0.3 is 26.8 Å². The molecule has 8 nitrogen and oxygen atoms in total. The summed E-state index contributed by atoms with van der Waals surface area (Å²) >= 11 is 0. The highest BCUT2D eigenvalue weighted by molar-refractivity contribution is 5.92. The van der Waals surface area contributed by atoms with Gasteiger partial charge in [0, 0.05) is 13.5 Å². The lowest BCUT2D eigenvalue weighted by atomic mass is 10.0. The second-order valence-corrected chi connectivity index (χ2v) is 7.07. The molecular formula is C22H28N4O4. The van der Waals surface area contributed by atoms with Gasteiger partial charge in [-0.2, -0.15) is 0 Å². The van der Waals surface area contributed by atoms with Crippen molar-refractivity contribution in [3.05, 3.63) is 65.7 Å². The largest absolute Gasteiger partial charge is 0.508 e. The third kappa shape index (κ3) is 6.89. The highest BCUT2D eigenvalue weighted by Crippen LogP contribution is 2.11. The number of amides is 3. The van der Waals surface area contributed by atoms with E-state index in [1.807, 2.05) is 30.3 Å². The van der Waals surface area contributed by atoms with Crippen LogP contribution in [0.25, 0.3) is 0 Å². The van der Waals surface area contributed by atoms with Gasteiger partial charge in [0.05, 0.1) is 6.04 Å². The molecule has 0 aliphatic heterocycles. The van der Waals surface area contributed by atoms with E-state index in [9.17, 15) is 19.5 Å². The summed E-state index contributed by atoms with van der Waals surface area (Å²) in [4.78, 5) is 37.1. The zero-order chi connectivity index (χ0) is 22.1. The number of rotatable bonds is 9. The van der Waals surface area contributed by atoms with Crippen molar-refractivity contribution in [3.63, 3.8) is 0 Å². The first-order valence-electron chi connectivity index (χ1n) is 9.70. The monoisotopic (exact) mass is 412 g/mol. The molecule has 0 radical (unpaired) electrons. The summed E-state index contributed by atoms with van der Waals surface area (Å²) < 4.78 is 0. The number of hydrogen-bond donors (Lipinski definition) is 5. The fourth-order valence-electron chi connectivity index (χ4n) is 2.89. The zero-order valence-corrected chi connectivity index (χ0v) is 17.1. The fraction of sp³-hybridized carbons (Fsp3) is 0.318. The Hall–Kier alpha value is -3.39. The molecule has 160 valence electrons. The van der Waals surface area contributed by atoms with Crippen LogP contribution in [0.1, 0.15) is 18.1 Å². The van der Waals surface area contributed by atoms with Crippen molar-refractivity contribution in [2.45, 2.75) is 37.9 Å². The van der Waals surface area contributed by atoms with Crippen LogP contribution in [-0.2, 0) is 27.2 Å². The lowest BCUT2D eigenvalue weighted by molar-refractivity contribution is -0.131. The van der Waals surface area contributed by atoms with Crippen LogP contribution in [0.5, 0.6) is 5.75 Å². The number of phenols is 1. The van der Waals surface area contributed by atoms with Crippen LogP contribution in [-0.4, -0.2) is 48.0 Å². The minimum absolute atomic E-state index is 0.128. The van der Waals surface area contributed by atoms with Gasteiger partial charge in [-0.1, -0.05) is 42.5 Å². The van der Waals surface area contributed by atoms with E-state index in [-0.39, 0.29) is 18.1 Å². The summed E-state index contributed by atoms with van der Waals surface area (Å²) in [5.41, 5.74) is 7.63. The minimum Gasteiger partial charge on any atom is -0.508 e. The van der Waals surface area contributed by atoms with E-state index in [1.165, 1.54) is 26.1 Å². The van der Waals surface area contributed by atoms with E-state index in [0.29, 0.717) is 6.42 Å². The van der Waals surface area contributed by atoms with Crippen molar-refractivity contribution >= 4 is 17.7 Å². The van der Waals surface area contributed by atoms with Crippen molar-refractivity contribution in [2.24, 2.45) is 5.73 Å². The Bertz CT molecular complexity index is 855. The topological polar surface area (TPSA) is 134 Å². The molecular weight excluding hydrogens is 384 g/mol. The molecule has 3 amide bonds. The van der Waals surface area contributed by atoms with Crippen molar-refractivity contribution in [3.8, 4) is 5.75 Å². The number of phenolic OH excluding ortho intramolecular Hbond substituents is 1. The van der Waals surface area contributed by atoms with Gasteiger partial charge in [-0.05, 0) is 36.6 Å². The molecule has 0 aliphatic rings. The number of nitrogens with one attached hydrogen (secondary N) is 3. The van der Waals surface area contributed by atoms with Crippen LogP contribution in [0.15, 0.2) is 54.6 Å². The van der Waals surface area contributed by atoms with Crippen LogP contribution in [0.3, 0.4) is 0 Å². The lowest BCUT2D eigenvalue weighted by Crippen LogP contribution is -2.55. The molecule has 0 aliphatic carbocycles.